The van der Waals surface area contributed by atoms with Gasteiger partial charge in [0, 0.05) is 5.41 Å². The molecule has 3 heteroatoms. The summed E-state index contributed by atoms with van der Waals surface area (Å²) >= 11 is 0. The van der Waals surface area contributed by atoms with Gasteiger partial charge < -0.3 is 5.11 Å². The zero-order valence-corrected chi connectivity index (χ0v) is 11.6. The highest BCUT2D eigenvalue weighted by Gasteiger charge is 2.26. The summed E-state index contributed by atoms with van der Waals surface area (Å²) in [7, 11) is 0. The lowest BCUT2D eigenvalue weighted by atomic mass is 9.86. The summed E-state index contributed by atoms with van der Waals surface area (Å²) in [5.41, 5.74) is 1.32. The Kier molecular flexibility index (Phi) is 3.95. The summed E-state index contributed by atoms with van der Waals surface area (Å²) in [4.78, 5) is 23.9. The van der Waals surface area contributed by atoms with Crippen LogP contribution in [0.25, 0.3) is 0 Å². The van der Waals surface area contributed by atoms with E-state index in [-0.39, 0.29) is 29.3 Å². The third-order valence-corrected chi connectivity index (χ3v) is 2.90. The van der Waals surface area contributed by atoms with Gasteiger partial charge in [0.15, 0.2) is 5.78 Å². The summed E-state index contributed by atoms with van der Waals surface area (Å²) in [5.74, 6) is -0.476. The molecule has 3 nitrogen and oxygen atoms in total. The van der Waals surface area contributed by atoms with E-state index in [1.807, 2.05) is 13.0 Å². The van der Waals surface area contributed by atoms with Gasteiger partial charge in [-0.1, -0.05) is 26.8 Å². The maximum absolute atomic E-state index is 12.1. The number of aromatic hydroxyl groups is 1. The van der Waals surface area contributed by atoms with Crippen LogP contribution < -0.4 is 0 Å². The van der Waals surface area contributed by atoms with Gasteiger partial charge in [0.2, 0.25) is 0 Å². The van der Waals surface area contributed by atoms with Crippen LogP contribution in [0.1, 0.15) is 48.7 Å². The minimum absolute atomic E-state index is 0.0424. The predicted octanol–water partition coefficient (Wildman–Crippen LogP) is 3.20. The smallest absolute Gasteiger partial charge is 0.174 e. The summed E-state index contributed by atoms with van der Waals surface area (Å²) in [6, 6.07) is 3.37. The van der Waals surface area contributed by atoms with Crippen molar-refractivity contribution in [1.29, 1.82) is 0 Å². The Morgan fingerprint density at radius 1 is 1.17 bits per heavy atom. The zero-order chi connectivity index (χ0) is 14.1. The molecule has 1 aromatic rings. The second kappa shape index (κ2) is 4.92. The molecular weight excluding hydrogens is 228 g/mol. The van der Waals surface area contributed by atoms with E-state index in [9.17, 15) is 14.7 Å². The fraction of sp³-hybridized carbons (Fsp3) is 0.467. The first-order chi connectivity index (χ1) is 8.12. The van der Waals surface area contributed by atoms with Crippen LogP contribution in [0.15, 0.2) is 12.1 Å². The highest BCUT2D eigenvalue weighted by molar-refractivity contribution is 6.11. The number of aryl methyl sites for hydroxylation is 2. The topological polar surface area (TPSA) is 54.4 Å². The highest BCUT2D eigenvalue weighted by Crippen LogP contribution is 2.26. The molecule has 0 spiro atoms. The van der Waals surface area contributed by atoms with Crippen LogP contribution in [0.5, 0.6) is 5.75 Å². The lowest BCUT2D eigenvalue weighted by molar-refractivity contribution is -0.125. The SMILES string of the molecule is Cc1cc(C)c(C(=O)CC(=O)C(C)(C)C)c(O)c1. The van der Waals surface area contributed by atoms with Crippen molar-refractivity contribution in [3.05, 3.63) is 28.8 Å². The number of hydrogen-bond donors (Lipinski definition) is 1. The monoisotopic (exact) mass is 248 g/mol. The van der Waals surface area contributed by atoms with Gasteiger partial charge in [-0.05, 0) is 31.0 Å². The number of Topliss-reactive ketones (excluding diaryl/α,β-unsaturated/α-hetero) is 2. The number of phenols is 1. The van der Waals surface area contributed by atoms with Gasteiger partial charge in [-0.2, -0.15) is 0 Å². The summed E-state index contributed by atoms with van der Waals surface area (Å²) in [6.45, 7) is 8.96. The second-order valence-electron chi connectivity index (χ2n) is 5.75. The molecule has 0 amide bonds. The minimum Gasteiger partial charge on any atom is -0.507 e. The number of phenolic OH excluding ortho intramolecular Hbond substituents is 1. The Labute approximate surface area is 108 Å². The van der Waals surface area contributed by atoms with Crippen LogP contribution >= 0.6 is 0 Å². The van der Waals surface area contributed by atoms with E-state index in [1.54, 1.807) is 33.8 Å². The van der Waals surface area contributed by atoms with E-state index in [0.29, 0.717) is 5.56 Å². The van der Waals surface area contributed by atoms with Crippen molar-refractivity contribution in [2.75, 3.05) is 0 Å². The van der Waals surface area contributed by atoms with Crippen molar-refractivity contribution in [1.82, 2.24) is 0 Å². The first-order valence-corrected chi connectivity index (χ1v) is 5.99. The molecule has 0 bridgehead atoms. The fourth-order valence-corrected chi connectivity index (χ4v) is 1.81. The van der Waals surface area contributed by atoms with Gasteiger partial charge in [0.05, 0.1) is 12.0 Å². The van der Waals surface area contributed by atoms with E-state index in [4.69, 9.17) is 0 Å². The lowest BCUT2D eigenvalue weighted by Crippen LogP contribution is -2.23. The molecule has 0 unspecified atom stereocenters. The van der Waals surface area contributed by atoms with Crippen molar-refractivity contribution in [2.45, 2.75) is 41.0 Å². The standard InChI is InChI=1S/C15H20O3/c1-9-6-10(2)14(11(16)7-9)12(17)8-13(18)15(3,4)5/h6-7,16H,8H2,1-5H3. The molecule has 0 radical (unpaired) electrons. The number of carbonyl (C=O) groups is 2. The third-order valence-electron chi connectivity index (χ3n) is 2.90. The van der Waals surface area contributed by atoms with Gasteiger partial charge >= 0.3 is 0 Å². The number of ketones is 2. The lowest BCUT2D eigenvalue weighted by Gasteiger charge is -2.16. The van der Waals surface area contributed by atoms with Gasteiger partial charge in [-0.25, -0.2) is 0 Å². The van der Waals surface area contributed by atoms with E-state index in [1.165, 1.54) is 0 Å². The third kappa shape index (κ3) is 3.19. The van der Waals surface area contributed by atoms with Crippen LogP contribution in [0, 0.1) is 19.3 Å². The molecule has 0 aromatic heterocycles. The van der Waals surface area contributed by atoms with Gasteiger partial charge in [0.25, 0.3) is 0 Å². The second-order valence-corrected chi connectivity index (χ2v) is 5.75. The quantitative estimate of drug-likeness (QED) is 0.660. The fourth-order valence-electron chi connectivity index (χ4n) is 1.81. The molecule has 0 aliphatic rings. The average molecular weight is 248 g/mol. The maximum atomic E-state index is 12.1. The Morgan fingerprint density at radius 2 is 1.72 bits per heavy atom. The number of carbonyl (C=O) groups excluding carboxylic acids is 2. The molecule has 18 heavy (non-hydrogen) atoms. The average Bonchev–Trinajstić information content (AvgIpc) is 2.13. The zero-order valence-electron chi connectivity index (χ0n) is 11.6. The van der Waals surface area contributed by atoms with Gasteiger partial charge in [-0.15, -0.1) is 0 Å². The largest absolute Gasteiger partial charge is 0.507 e. The van der Waals surface area contributed by atoms with Crippen LogP contribution in [0.4, 0.5) is 0 Å². The molecule has 0 saturated carbocycles. The van der Waals surface area contributed by atoms with Gasteiger partial charge in [-0.3, -0.25) is 9.59 Å². The van der Waals surface area contributed by atoms with E-state index in [2.05, 4.69) is 0 Å². The maximum Gasteiger partial charge on any atom is 0.174 e. The van der Waals surface area contributed by atoms with Gasteiger partial charge in [0.1, 0.15) is 11.5 Å². The summed E-state index contributed by atoms with van der Waals surface area (Å²) in [6.07, 6.45) is -0.166. The number of rotatable bonds is 3. The Bertz CT molecular complexity index is 470. The van der Waals surface area contributed by atoms with Crippen LogP contribution in [-0.2, 0) is 4.79 Å². The minimum atomic E-state index is -0.538. The molecule has 0 aliphatic heterocycles. The molecule has 98 valence electrons. The molecule has 0 heterocycles. The molecule has 1 N–H and O–H groups in total. The first kappa shape index (κ1) is 14.4. The van der Waals surface area contributed by atoms with E-state index >= 15 is 0 Å². The normalized spacial score (nSPS) is 11.4. The molecule has 0 atom stereocenters. The Balaban J connectivity index is 3.03. The van der Waals surface area contributed by atoms with Crippen molar-refractivity contribution in [3.63, 3.8) is 0 Å². The Hall–Kier alpha value is -1.64. The number of hydrogen-bond acceptors (Lipinski definition) is 3. The number of benzene rings is 1. The first-order valence-electron chi connectivity index (χ1n) is 5.99. The Morgan fingerprint density at radius 3 is 2.17 bits per heavy atom. The van der Waals surface area contributed by atoms with Crippen molar-refractivity contribution in [2.24, 2.45) is 5.41 Å². The van der Waals surface area contributed by atoms with Crippen molar-refractivity contribution >= 4 is 11.6 Å². The molecule has 0 fully saturated rings. The van der Waals surface area contributed by atoms with E-state index < -0.39 is 5.41 Å². The molecule has 0 aliphatic carbocycles. The van der Waals surface area contributed by atoms with Crippen LogP contribution in [-0.4, -0.2) is 16.7 Å². The highest BCUT2D eigenvalue weighted by atomic mass is 16.3. The van der Waals surface area contributed by atoms with Crippen molar-refractivity contribution in [3.8, 4) is 5.75 Å². The van der Waals surface area contributed by atoms with E-state index in [0.717, 1.165) is 5.56 Å². The predicted molar refractivity (Wildman–Crippen MR) is 71.0 cm³/mol. The summed E-state index contributed by atoms with van der Waals surface area (Å²) in [5, 5.41) is 9.83. The molecule has 0 saturated heterocycles. The van der Waals surface area contributed by atoms with Crippen LogP contribution in [0.3, 0.4) is 0 Å². The molecular formula is C15H20O3. The molecule has 1 aromatic carbocycles. The molecule has 1 rings (SSSR count). The van der Waals surface area contributed by atoms with Crippen LogP contribution in [0.2, 0.25) is 0 Å². The summed E-state index contributed by atoms with van der Waals surface area (Å²) < 4.78 is 0. The van der Waals surface area contributed by atoms with Crippen molar-refractivity contribution < 1.29 is 14.7 Å².